The summed E-state index contributed by atoms with van der Waals surface area (Å²) in [5, 5.41) is 3.13. The first-order valence-corrected chi connectivity index (χ1v) is 15.9. The van der Waals surface area contributed by atoms with Crippen molar-refractivity contribution in [3.05, 3.63) is 59.5 Å². The molecule has 0 bridgehead atoms. The number of likely N-dealkylation sites (tertiary alicyclic amines) is 1. The van der Waals surface area contributed by atoms with Crippen molar-refractivity contribution in [3.63, 3.8) is 0 Å². The molecule has 2 atom stereocenters. The lowest BCUT2D eigenvalue weighted by Gasteiger charge is -2.43. The number of likely N-dealkylation sites (N-methyl/N-ethyl adjacent to an activating group) is 1. The van der Waals surface area contributed by atoms with Crippen LogP contribution < -0.4 is 19.7 Å². The van der Waals surface area contributed by atoms with Crippen LogP contribution >= 0.6 is 0 Å². The average Bonchev–Trinajstić information content (AvgIpc) is 3.48. The molecule has 252 valence electrons. The Bertz CT molecular complexity index is 1590. The maximum absolute atomic E-state index is 14.0. The van der Waals surface area contributed by atoms with E-state index in [-0.39, 0.29) is 55.8 Å². The van der Waals surface area contributed by atoms with Gasteiger partial charge in [0.1, 0.15) is 0 Å². The van der Waals surface area contributed by atoms with Crippen LogP contribution in [0.15, 0.2) is 42.6 Å². The van der Waals surface area contributed by atoms with Crippen molar-refractivity contribution in [2.75, 3.05) is 57.9 Å². The van der Waals surface area contributed by atoms with Crippen molar-refractivity contribution in [1.29, 1.82) is 0 Å². The highest BCUT2D eigenvalue weighted by atomic mass is 19.4. The maximum Gasteiger partial charge on any atom is 0.434 e. The third-order valence-corrected chi connectivity index (χ3v) is 8.36. The van der Waals surface area contributed by atoms with Gasteiger partial charge >= 0.3 is 6.18 Å². The Morgan fingerprint density at radius 1 is 0.979 bits per heavy atom. The van der Waals surface area contributed by atoms with E-state index in [0.29, 0.717) is 35.9 Å². The van der Waals surface area contributed by atoms with Gasteiger partial charge in [-0.15, -0.1) is 0 Å². The van der Waals surface area contributed by atoms with E-state index in [4.69, 9.17) is 14.5 Å². The van der Waals surface area contributed by atoms with E-state index in [2.05, 4.69) is 20.2 Å². The summed E-state index contributed by atoms with van der Waals surface area (Å²) in [6.45, 7) is 8.12. The van der Waals surface area contributed by atoms with Gasteiger partial charge in [0.2, 0.25) is 11.8 Å². The van der Waals surface area contributed by atoms with Gasteiger partial charge in [-0.2, -0.15) is 13.2 Å². The number of ether oxygens (including phenoxy) is 2. The standard InChI is InChI=1S/C33H40F3N7O4/c1-5-22-20-42(32(45)24-10-13-27(46-6-2)40-29(24)33(34,35)36)17-18-43(22)26-12-11-25(23-9-8-15-37-31(23)47-7-3)39-28(26)30(44)38-21-14-16-41(4)19-21/h8-13,15,21-22H,5-7,14,16-20H2,1-4H3,(H,38,44)/t21-,22-/m1/s1. The molecule has 2 aliphatic rings. The Hall–Kier alpha value is -4.46. The predicted octanol–water partition coefficient (Wildman–Crippen LogP) is 4.53. The molecule has 2 aliphatic heterocycles. The SMILES string of the molecule is CCOc1ccc(C(=O)N2CCN(c3ccc(-c4cccnc4OCC)nc3C(=O)N[C@@H]3CCN(C)C3)[C@H](CC)C2)c(C(F)(F)F)n1. The van der Waals surface area contributed by atoms with Crippen LogP contribution in [0, 0.1) is 0 Å². The number of hydrogen-bond acceptors (Lipinski definition) is 9. The lowest BCUT2D eigenvalue weighted by molar-refractivity contribution is -0.141. The molecule has 2 fully saturated rings. The fraction of sp³-hybridized carbons (Fsp3) is 0.485. The Balaban J connectivity index is 1.46. The fourth-order valence-corrected chi connectivity index (χ4v) is 6.08. The molecule has 11 nitrogen and oxygen atoms in total. The van der Waals surface area contributed by atoms with E-state index in [9.17, 15) is 22.8 Å². The van der Waals surface area contributed by atoms with Crippen molar-refractivity contribution in [2.24, 2.45) is 0 Å². The van der Waals surface area contributed by atoms with Crippen molar-refractivity contribution >= 4 is 17.5 Å². The molecule has 5 rings (SSSR count). The summed E-state index contributed by atoms with van der Waals surface area (Å²) >= 11 is 0. The first kappa shape index (κ1) is 33.9. The number of nitrogens with zero attached hydrogens (tertiary/aromatic N) is 6. The second kappa shape index (κ2) is 14.5. The van der Waals surface area contributed by atoms with Gasteiger partial charge in [-0.25, -0.2) is 15.0 Å². The zero-order valence-corrected chi connectivity index (χ0v) is 27.0. The van der Waals surface area contributed by atoms with Crippen LogP contribution in [0.5, 0.6) is 11.8 Å². The van der Waals surface area contributed by atoms with Crippen molar-refractivity contribution < 1.29 is 32.2 Å². The van der Waals surface area contributed by atoms with Gasteiger partial charge in [0.15, 0.2) is 11.4 Å². The van der Waals surface area contributed by atoms with E-state index in [1.165, 1.54) is 11.0 Å². The molecule has 0 spiro atoms. The number of rotatable bonds is 10. The molecule has 0 saturated carbocycles. The van der Waals surface area contributed by atoms with Crippen LogP contribution in [0.25, 0.3) is 11.3 Å². The molecular formula is C33H40F3N7O4. The zero-order chi connectivity index (χ0) is 33.7. The monoisotopic (exact) mass is 655 g/mol. The Labute approximate surface area is 272 Å². The number of nitrogens with one attached hydrogen (secondary N) is 1. The molecule has 47 heavy (non-hydrogen) atoms. The number of pyridine rings is 3. The number of amides is 2. The largest absolute Gasteiger partial charge is 0.478 e. The number of carbonyl (C=O) groups is 2. The molecule has 14 heteroatoms. The molecule has 1 N–H and O–H groups in total. The lowest BCUT2D eigenvalue weighted by Crippen LogP contribution is -2.55. The number of aromatic nitrogens is 3. The van der Waals surface area contributed by atoms with Gasteiger partial charge in [-0.3, -0.25) is 9.59 Å². The molecule has 0 aliphatic carbocycles. The Morgan fingerprint density at radius 2 is 1.77 bits per heavy atom. The third-order valence-electron chi connectivity index (χ3n) is 8.36. The van der Waals surface area contributed by atoms with Crippen LogP contribution in [0.1, 0.15) is 60.2 Å². The van der Waals surface area contributed by atoms with Gasteiger partial charge in [0.05, 0.1) is 35.7 Å². The van der Waals surface area contributed by atoms with E-state index in [0.717, 1.165) is 25.6 Å². The van der Waals surface area contributed by atoms with Gasteiger partial charge in [0, 0.05) is 50.5 Å². The first-order valence-electron chi connectivity index (χ1n) is 15.9. The zero-order valence-electron chi connectivity index (χ0n) is 27.0. The number of alkyl halides is 3. The minimum atomic E-state index is -4.84. The number of piperazine rings is 1. The minimum absolute atomic E-state index is 0.0369. The highest BCUT2D eigenvalue weighted by Gasteiger charge is 2.40. The number of anilines is 1. The molecule has 0 aromatic carbocycles. The second-order valence-corrected chi connectivity index (χ2v) is 11.6. The van der Waals surface area contributed by atoms with Crippen molar-refractivity contribution in [3.8, 4) is 23.0 Å². The van der Waals surface area contributed by atoms with Gasteiger partial charge in [0.25, 0.3) is 11.8 Å². The predicted molar refractivity (Wildman–Crippen MR) is 170 cm³/mol. The van der Waals surface area contributed by atoms with Gasteiger partial charge in [-0.05, 0) is 70.6 Å². The Kier molecular flexibility index (Phi) is 10.5. The number of hydrogen-bond donors (Lipinski definition) is 1. The van der Waals surface area contributed by atoms with Crippen LogP contribution in [-0.2, 0) is 6.18 Å². The second-order valence-electron chi connectivity index (χ2n) is 11.6. The number of carbonyl (C=O) groups excluding carboxylic acids is 2. The van der Waals surface area contributed by atoms with Gasteiger partial charge in [-0.1, -0.05) is 6.92 Å². The summed E-state index contributed by atoms with van der Waals surface area (Å²) in [4.78, 5) is 45.8. The van der Waals surface area contributed by atoms with E-state index < -0.39 is 23.3 Å². The molecule has 0 radical (unpaired) electrons. The van der Waals surface area contributed by atoms with Crippen LogP contribution in [0.4, 0.5) is 18.9 Å². The molecule has 2 saturated heterocycles. The quantitative estimate of drug-likeness (QED) is 0.337. The summed E-state index contributed by atoms with van der Waals surface area (Å²) in [7, 11) is 2.00. The van der Waals surface area contributed by atoms with Crippen LogP contribution in [-0.4, -0.2) is 102 Å². The third kappa shape index (κ3) is 7.58. The first-order chi connectivity index (χ1) is 22.5. The van der Waals surface area contributed by atoms with E-state index >= 15 is 0 Å². The smallest absolute Gasteiger partial charge is 0.434 e. The Morgan fingerprint density at radius 3 is 2.45 bits per heavy atom. The van der Waals surface area contributed by atoms with Gasteiger partial charge < -0.3 is 29.5 Å². The summed E-state index contributed by atoms with van der Waals surface area (Å²) in [5.74, 6) is -0.881. The molecule has 5 heterocycles. The molecular weight excluding hydrogens is 615 g/mol. The van der Waals surface area contributed by atoms with Crippen LogP contribution in [0.2, 0.25) is 0 Å². The van der Waals surface area contributed by atoms with E-state index in [1.54, 1.807) is 25.3 Å². The maximum atomic E-state index is 14.0. The summed E-state index contributed by atoms with van der Waals surface area (Å²) in [5.41, 5.74) is 0.153. The fourth-order valence-electron chi connectivity index (χ4n) is 6.08. The van der Waals surface area contributed by atoms with Crippen molar-refractivity contribution in [2.45, 2.75) is 51.9 Å². The van der Waals surface area contributed by atoms with Crippen molar-refractivity contribution in [1.82, 2.24) is 30.1 Å². The molecule has 0 unspecified atom stereocenters. The summed E-state index contributed by atoms with van der Waals surface area (Å²) in [6.07, 6.45) is -1.84. The lowest BCUT2D eigenvalue weighted by atomic mass is 10.0. The summed E-state index contributed by atoms with van der Waals surface area (Å²) < 4.78 is 52.8. The topological polar surface area (TPSA) is 113 Å². The van der Waals surface area contributed by atoms with Crippen LogP contribution in [0.3, 0.4) is 0 Å². The average molecular weight is 656 g/mol. The number of halogens is 3. The molecule has 2 amide bonds. The highest BCUT2D eigenvalue weighted by Crippen LogP contribution is 2.35. The highest BCUT2D eigenvalue weighted by molar-refractivity contribution is 5.99. The molecule has 3 aromatic heterocycles. The normalized spacial score (nSPS) is 18.7. The summed E-state index contributed by atoms with van der Waals surface area (Å²) in [6, 6.07) is 9.31. The minimum Gasteiger partial charge on any atom is -0.478 e. The van der Waals surface area contributed by atoms with E-state index in [1.807, 2.05) is 37.9 Å². The molecule has 3 aromatic rings.